The molecule has 2 N–H and O–H groups in total. The zero-order chi connectivity index (χ0) is 8.43. The van der Waals surface area contributed by atoms with E-state index < -0.39 is 12.5 Å². The van der Waals surface area contributed by atoms with Crippen LogP contribution in [0.3, 0.4) is 0 Å². The lowest BCUT2D eigenvalue weighted by molar-refractivity contribution is 0.0561. The van der Waals surface area contributed by atoms with E-state index in [-0.39, 0.29) is 5.69 Å². The maximum atomic E-state index is 11.8. The first-order valence-corrected chi connectivity index (χ1v) is 2.74. The van der Waals surface area contributed by atoms with E-state index in [2.05, 4.69) is 5.10 Å². The fraction of sp³-hybridized carbons (Fsp3) is 0.200. The van der Waals surface area contributed by atoms with Crippen molar-refractivity contribution < 1.29 is 13.6 Å². The van der Waals surface area contributed by atoms with Gasteiger partial charge in [0, 0.05) is 6.20 Å². The first kappa shape index (κ1) is 7.64. The summed E-state index contributed by atoms with van der Waals surface area (Å²) in [6.45, 7) is -2.73. The standard InChI is InChI=1S/C5H5F2N3O/c6-5(7)10-2-1-3(9-10)4(8)11/h1-2,5H,(H2,8,11). The number of carbonyl (C=O) groups excluding carboxylic acids is 1. The second-order valence-corrected chi connectivity index (χ2v) is 1.82. The SMILES string of the molecule is NC(=O)c1ccn(C(F)F)n1. The van der Waals surface area contributed by atoms with Crippen molar-refractivity contribution in [2.75, 3.05) is 0 Å². The van der Waals surface area contributed by atoms with E-state index in [4.69, 9.17) is 5.73 Å². The van der Waals surface area contributed by atoms with Crippen LogP contribution in [0.1, 0.15) is 17.0 Å². The van der Waals surface area contributed by atoms with Crippen LogP contribution in [-0.4, -0.2) is 15.7 Å². The van der Waals surface area contributed by atoms with Gasteiger partial charge < -0.3 is 5.73 Å². The van der Waals surface area contributed by atoms with Crippen LogP contribution >= 0.6 is 0 Å². The van der Waals surface area contributed by atoms with Crippen molar-refractivity contribution >= 4 is 5.91 Å². The molecular weight excluding hydrogens is 156 g/mol. The van der Waals surface area contributed by atoms with Crippen LogP contribution < -0.4 is 5.73 Å². The summed E-state index contributed by atoms with van der Waals surface area (Å²) < 4.78 is 23.9. The van der Waals surface area contributed by atoms with Gasteiger partial charge in [0.25, 0.3) is 5.91 Å². The number of aromatic nitrogens is 2. The van der Waals surface area contributed by atoms with E-state index in [9.17, 15) is 13.6 Å². The van der Waals surface area contributed by atoms with Crippen molar-refractivity contribution in [2.24, 2.45) is 5.73 Å². The Hall–Kier alpha value is -1.46. The van der Waals surface area contributed by atoms with Crippen LogP contribution in [0.4, 0.5) is 8.78 Å². The van der Waals surface area contributed by atoms with Gasteiger partial charge in [-0.05, 0) is 6.07 Å². The quantitative estimate of drug-likeness (QED) is 0.681. The molecular formula is C5H5F2N3O. The molecule has 0 unspecified atom stereocenters. The number of halogens is 2. The minimum atomic E-state index is -2.73. The number of nitrogens with two attached hydrogens (primary N) is 1. The van der Waals surface area contributed by atoms with Crippen molar-refractivity contribution in [3.8, 4) is 0 Å². The van der Waals surface area contributed by atoms with Crippen LogP contribution in [0.2, 0.25) is 0 Å². The number of primary amides is 1. The van der Waals surface area contributed by atoms with Crippen LogP contribution in [0.15, 0.2) is 12.3 Å². The highest BCUT2D eigenvalue weighted by atomic mass is 19.3. The summed E-state index contributed by atoms with van der Waals surface area (Å²) in [6, 6.07) is 1.13. The van der Waals surface area contributed by atoms with Gasteiger partial charge >= 0.3 is 6.55 Å². The molecule has 0 radical (unpaired) electrons. The highest BCUT2D eigenvalue weighted by molar-refractivity contribution is 5.90. The van der Waals surface area contributed by atoms with Gasteiger partial charge in [0.15, 0.2) is 0 Å². The Kier molecular flexibility index (Phi) is 1.84. The van der Waals surface area contributed by atoms with E-state index in [1.165, 1.54) is 0 Å². The molecule has 0 saturated heterocycles. The van der Waals surface area contributed by atoms with Crippen molar-refractivity contribution in [1.29, 1.82) is 0 Å². The van der Waals surface area contributed by atoms with E-state index in [0.29, 0.717) is 4.68 Å². The second-order valence-electron chi connectivity index (χ2n) is 1.82. The van der Waals surface area contributed by atoms with Crippen molar-refractivity contribution in [1.82, 2.24) is 9.78 Å². The number of rotatable bonds is 2. The summed E-state index contributed by atoms with van der Waals surface area (Å²) >= 11 is 0. The molecule has 0 aromatic carbocycles. The molecule has 0 fully saturated rings. The van der Waals surface area contributed by atoms with Crippen LogP contribution in [0.25, 0.3) is 0 Å². The first-order valence-electron chi connectivity index (χ1n) is 2.74. The number of hydrogen-bond acceptors (Lipinski definition) is 2. The molecule has 0 spiro atoms. The lowest BCUT2D eigenvalue weighted by Gasteiger charge is -1.94. The third-order valence-corrected chi connectivity index (χ3v) is 1.06. The van der Waals surface area contributed by atoms with Gasteiger partial charge in [0.2, 0.25) is 0 Å². The fourth-order valence-corrected chi connectivity index (χ4v) is 0.578. The minimum absolute atomic E-state index is 0.162. The second kappa shape index (κ2) is 2.65. The van der Waals surface area contributed by atoms with Gasteiger partial charge in [0.05, 0.1) is 0 Å². The molecule has 6 heteroatoms. The predicted molar refractivity (Wildman–Crippen MR) is 32.0 cm³/mol. The van der Waals surface area contributed by atoms with Crippen molar-refractivity contribution in [2.45, 2.75) is 6.55 Å². The van der Waals surface area contributed by atoms with E-state index in [0.717, 1.165) is 12.3 Å². The molecule has 1 amide bonds. The summed E-state index contributed by atoms with van der Waals surface area (Å²) in [6.07, 6.45) is 0.991. The van der Waals surface area contributed by atoms with Crippen molar-refractivity contribution in [3.63, 3.8) is 0 Å². The number of carbonyl (C=O) groups is 1. The summed E-state index contributed by atoms with van der Waals surface area (Å²) in [4.78, 5) is 10.3. The van der Waals surface area contributed by atoms with Gasteiger partial charge in [-0.3, -0.25) is 4.79 Å². The van der Waals surface area contributed by atoms with Gasteiger partial charge in [-0.1, -0.05) is 0 Å². The van der Waals surface area contributed by atoms with E-state index >= 15 is 0 Å². The minimum Gasteiger partial charge on any atom is -0.364 e. The number of nitrogens with zero attached hydrogens (tertiary/aromatic N) is 2. The average Bonchev–Trinajstić information content (AvgIpc) is 2.33. The molecule has 1 rings (SSSR count). The van der Waals surface area contributed by atoms with Gasteiger partial charge in [-0.25, -0.2) is 4.68 Å². The molecule has 4 nitrogen and oxygen atoms in total. The van der Waals surface area contributed by atoms with E-state index in [1.807, 2.05) is 0 Å². The molecule has 0 aliphatic rings. The summed E-state index contributed by atoms with van der Waals surface area (Å²) in [5.74, 6) is -0.815. The zero-order valence-corrected chi connectivity index (χ0v) is 5.37. The monoisotopic (exact) mass is 161 g/mol. The van der Waals surface area contributed by atoms with Gasteiger partial charge in [-0.2, -0.15) is 13.9 Å². The molecule has 0 aliphatic heterocycles. The Morgan fingerprint density at radius 3 is 2.64 bits per heavy atom. The van der Waals surface area contributed by atoms with Crippen LogP contribution in [0.5, 0.6) is 0 Å². The van der Waals surface area contributed by atoms with Gasteiger partial charge in [0.1, 0.15) is 5.69 Å². The smallest absolute Gasteiger partial charge is 0.333 e. The summed E-state index contributed by atoms with van der Waals surface area (Å²) in [5, 5.41) is 3.20. The van der Waals surface area contributed by atoms with Crippen LogP contribution in [-0.2, 0) is 0 Å². The fourth-order valence-electron chi connectivity index (χ4n) is 0.578. The molecule has 11 heavy (non-hydrogen) atoms. The lowest BCUT2D eigenvalue weighted by atomic mass is 10.4. The molecule has 1 aromatic heterocycles. The maximum Gasteiger partial charge on any atom is 0.333 e. The molecule has 1 heterocycles. The molecule has 0 saturated carbocycles. The lowest BCUT2D eigenvalue weighted by Crippen LogP contribution is -2.12. The summed E-state index contributed by atoms with van der Waals surface area (Å²) in [7, 11) is 0. The number of alkyl halides is 2. The molecule has 1 aromatic rings. The van der Waals surface area contributed by atoms with E-state index in [1.54, 1.807) is 0 Å². The zero-order valence-electron chi connectivity index (χ0n) is 5.37. The Morgan fingerprint density at radius 1 is 1.73 bits per heavy atom. The first-order chi connectivity index (χ1) is 5.11. The molecule has 0 atom stereocenters. The Balaban J connectivity index is 2.90. The van der Waals surface area contributed by atoms with Crippen LogP contribution in [0, 0.1) is 0 Å². The number of amides is 1. The molecule has 0 aliphatic carbocycles. The largest absolute Gasteiger partial charge is 0.364 e. The van der Waals surface area contributed by atoms with Gasteiger partial charge in [-0.15, -0.1) is 0 Å². The maximum absolute atomic E-state index is 11.8. The summed E-state index contributed by atoms with van der Waals surface area (Å²) in [5.41, 5.74) is 4.61. The van der Waals surface area contributed by atoms with Crippen molar-refractivity contribution in [3.05, 3.63) is 18.0 Å². The number of hydrogen-bond donors (Lipinski definition) is 1. The predicted octanol–water partition coefficient (Wildman–Crippen LogP) is 0.377. The third-order valence-electron chi connectivity index (χ3n) is 1.06. The normalized spacial score (nSPS) is 10.5. The third kappa shape index (κ3) is 1.51. The Bertz CT molecular complexity index is 270. The Morgan fingerprint density at radius 2 is 2.36 bits per heavy atom. The average molecular weight is 161 g/mol. The molecule has 0 bridgehead atoms. The topological polar surface area (TPSA) is 60.9 Å². The Labute approximate surface area is 60.6 Å². The molecule has 60 valence electrons. The highest BCUT2D eigenvalue weighted by Crippen LogP contribution is 2.07. The highest BCUT2D eigenvalue weighted by Gasteiger charge is 2.09.